The number of aryl methyl sites for hydroxylation is 1. The Kier molecular flexibility index (Phi) is 6.42. The van der Waals surface area contributed by atoms with Gasteiger partial charge in [0, 0.05) is 25.1 Å². The van der Waals surface area contributed by atoms with Crippen LogP contribution in [-0.2, 0) is 27.2 Å². The number of rotatable bonds is 8. The molecule has 1 amide bonds. The van der Waals surface area contributed by atoms with Crippen LogP contribution in [0, 0.1) is 0 Å². The number of anilines is 1. The summed E-state index contributed by atoms with van der Waals surface area (Å²) in [5, 5.41) is 0. The topological polar surface area (TPSA) is 46.6 Å². The normalized spacial score (nSPS) is 12.7. The molecule has 2 aromatic carbocycles. The van der Waals surface area contributed by atoms with Crippen molar-refractivity contribution < 1.29 is 14.3 Å². The Bertz CT molecular complexity index is 742. The molecular formula is C22H25NO3. The van der Waals surface area contributed by atoms with Crippen molar-refractivity contribution in [2.45, 2.75) is 38.5 Å². The van der Waals surface area contributed by atoms with Crippen LogP contribution in [0.2, 0.25) is 0 Å². The van der Waals surface area contributed by atoms with E-state index in [1.165, 1.54) is 11.1 Å². The summed E-state index contributed by atoms with van der Waals surface area (Å²) < 4.78 is 5.26. The lowest BCUT2D eigenvalue weighted by Crippen LogP contribution is -2.28. The highest BCUT2D eigenvalue weighted by Gasteiger charge is 2.23. The predicted molar refractivity (Wildman–Crippen MR) is 102 cm³/mol. The van der Waals surface area contributed by atoms with Gasteiger partial charge in [-0.05, 0) is 42.9 Å². The number of carbonyl (C=O) groups is 2. The lowest BCUT2D eigenvalue weighted by Gasteiger charge is -2.17. The SMILES string of the molecule is O=C(CCCC(=O)N1CCc2ccccc21)OCCCc1ccccc1. The van der Waals surface area contributed by atoms with Crippen molar-refractivity contribution >= 4 is 17.6 Å². The summed E-state index contributed by atoms with van der Waals surface area (Å²) in [6.07, 6.45) is 3.85. The van der Waals surface area contributed by atoms with Gasteiger partial charge in [0.05, 0.1) is 6.61 Å². The molecule has 136 valence electrons. The lowest BCUT2D eigenvalue weighted by atomic mass is 10.1. The predicted octanol–water partition coefficient (Wildman–Crippen LogP) is 3.92. The van der Waals surface area contributed by atoms with Crippen LogP contribution in [0.15, 0.2) is 54.6 Å². The van der Waals surface area contributed by atoms with Gasteiger partial charge in [-0.15, -0.1) is 0 Å². The van der Waals surface area contributed by atoms with Crippen molar-refractivity contribution in [3.05, 3.63) is 65.7 Å². The summed E-state index contributed by atoms with van der Waals surface area (Å²) in [7, 11) is 0. The molecule has 0 aromatic heterocycles. The third kappa shape index (κ3) is 4.94. The van der Waals surface area contributed by atoms with Crippen molar-refractivity contribution in [1.82, 2.24) is 0 Å². The van der Waals surface area contributed by atoms with Gasteiger partial charge in [-0.25, -0.2) is 0 Å². The first-order valence-corrected chi connectivity index (χ1v) is 9.32. The van der Waals surface area contributed by atoms with Crippen molar-refractivity contribution in [2.24, 2.45) is 0 Å². The fraction of sp³-hybridized carbons (Fsp3) is 0.364. The van der Waals surface area contributed by atoms with Crippen molar-refractivity contribution in [1.29, 1.82) is 0 Å². The number of nitrogens with zero attached hydrogens (tertiary/aromatic N) is 1. The highest BCUT2D eigenvalue weighted by Crippen LogP contribution is 2.28. The van der Waals surface area contributed by atoms with E-state index in [0.29, 0.717) is 25.9 Å². The van der Waals surface area contributed by atoms with Crippen molar-refractivity contribution in [3.8, 4) is 0 Å². The second-order valence-electron chi connectivity index (χ2n) is 6.59. The third-order valence-corrected chi connectivity index (χ3v) is 4.68. The number of esters is 1. The Morgan fingerprint density at radius 3 is 2.54 bits per heavy atom. The van der Waals surface area contributed by atoms with Crippen LogP contribution in [0.3, 0.4) is 0 Å². The quantitative estimate of drug-likeness (QED) is 0.535. The van der Waals surface area contributed by atoms with Gasteiger partial charge in [0.15, 0.2) is 0 Å². The van der Waals surface area contributed by atoms with Gasteiger partial charge in [-0.3, -0.25) is 9.59 Å². The van der Waals surface area contributed by atoms with E-state index >= 15 is 0 Å². The molecule has 0 bridgehead atoms. The number of para-hydroxylation sites is 1. The zero-order valence-corrected chi connectivity index (χ0v) is 15.0. The Labute approximate surface area is 154 Å². The number of hydrogen-bond donors (Lipinski definition) is 0. The molecule has 0 saturated carbocycles. The highest BCUT2D eigenvalue weighted by atomic mass is 16.5. The maximum Gasteiger partial charge on any atom is 0.305 e. The maximum atomic E-state index is 12.4. The Balaban J connectivity index is 1.31. The second-order valence-corrected chi connectivity index (χ2v) is 6.59. The Morgan fingerprint density at radius 1 is 0.923 bits per heavy atom. The van der Waals surface area contributed by atoms with Crippen LogP contribution < -0.4 is 4.90 Å². The molecule has 1 heterocycles. The smallest absolute Gasteiger partial charge is 0.305 e. The Morgan fingerprint density at radius 2 is 1.69 bits per heavy atom. The molecule has 1 aliphatic rings. The molecule has 4 nitrogen and oxygen atoms in total. The summed E-state index contributed by atoms with van der Waals surface area (Å²) >= 11 is 0. The van der Waals surface area contributed by atoms with E-state index in [2.05, 4.69) is 18.2 Å². The number of ether oxygens (including phenoxy) is 1. The van der Waals surface area contributed by atoms with Gasteiger partial charge < -0.3 is 9.64 Å². The van der Waals surface area contributed by atoms with Crippen LogP contribution in [-0.4, -0.2) is 25.0 Å². The molecule has 0 spiro atoms. The summed E-state index contributed by atoms with van der Waals surface area (Å²) in [6, 6.07) is 18.2. The van der Waals surface area contributed by atoms with Gasteiger partial charge in [0.1, 0.15) is 0 Å². The minimum atomic E-state index is -0.215. The van der Waals surface area contributed by atoms with Crippen LogP contribution in [0.4, 0.5) is 5.69 Å². The van der Waals surface area contributed by atoms with E-state index in [0.717, 1.165) is 31.5 Å². The summed E-state index contributed by atoms with van der Waals surface area (Å²) in [4.78, 5) is 26.0. The van der Waals surface area contributed by atoms with Crippen molar-refractivity contribution in [3.63, 3.8) is 0 Å². The summed E-state index contributed by atoms with van der Waals surface area (Å²) in [5.74, 6) is -0.125. The minimum Gasteiger partial charge on any atom is -0.466 e. The van der Waals surface area contributed by atoms with Gasteiger partial charge >= 0.3 is 5.97 Å². The molecule has 0 fully saturated rings. The van der Waals surface area contributed by atoms with Crippen molar-refractivity contribution in [2.75, 3.05) is 18.1 Å². The average molecular weight is 351 g/mol. The second kappa shape index (κ2) is 9.18. The van der Waals surface area contributed by atoms with E-state index in [9.17, 15) is 9.59 Å². The molecule has 0 aliphatic carbocycles. The molecule has 1 aliphatic heterocycles. The summed E-state index contributed by atoms with van der Waals surface area (Å²) in [5.41, 5.74) is 3.49. The molecular weight excluding hydrogens is 326 g/mol. The zero-order valence-electron chi connectivity index (χ0n) is 15.0. The van der Waals surface area contributed by atoms with Gasteiger partial charge in [0.2, 0.25) is 5.91 Å². The molecule has 26 heavy (non-hydrogen) atoms. The van der Waals surface area contributed by atoms with Crippen LogP contribution in [0.5, 0.6) is 0 Å². The van der Waals surface area contributed by atoms with E-state index in [1.807, 2.05) is 41.3 Å². The fourth-order valence-corrected chi connectivity index (χ4v) is 3.30. The van der Waals surface area contributed by atoms with Crippen LogP contribution >= 0.6 is 0 Å². The first kappa shape index (κ1) is 18.2. The molecule has 0 saturated heterocycles. The van der Waals surface area contributed by atoms with E-state index in [1.54, 1.807) is 0 Å². The molecule has 0 atom stereocenters. The number of benzene rings is 2. The Hall–Kier alpha value is -2.62. The standard InChI is InChI=1S/C22H25NO3/c24-21(23-16-15-19-11-4-5-12-20(19)23)13-6-14-22(25)26-17-7-10-18-8-2-1-3-9-18/h1-5,8-9,11-12H,6-7,10,13-17H2. The highest BCUT2D eigenvalue weighted by molar-refractivity contribution is 5.95. The number of fused-ring (bicyclic) bond motifs is 1. The van der Waals surface area contributed by atoms with Gasteiger partial charge in [-0.1, -0.05) is 48.5 Å². The van der Waals surface area contributed by atoms with Crippen LogP contribution in [0.25, 0.3) is 0 Å². The van der Waals surface area contributed by atoms with Gasteiger partial charge in [-0.2, -0.15) is 0 Å². The number of amides is 1. The van der Waals surface area contributed by atoms with E-state index in [4.69, 9.17) is 4.74 Å². The molecule has 0 radical (unpaired) electrons. The first-order valence-electron chi connectivity index (χ1n) is 9.32. The van der Waals surface area contributed by atoms with E-state index in [-0.39, 0.29) is 11.9 Å². The summed E-state index contributed by atoms with van der Waals surface area (Å²) in [6.45, 7) is 1.17. The largest absolute Gasteiger partial charge is 0.466 e. The first-order chi connectivity index (χ1) is 12.7. The monoisotopic (exact) mass is 351 g/mol. The number of hydrogen-bond acceptors (Lipinski definition) is 3. The zero-order chi connectivity index (χ0) is 18.2. The molecule has 0 N–H and O–H groups in total. The van der Waals surface area contributed by atoms with Crippen LogP contribution in [0.1, 0.15) is 36.8 Å². The van der Waals surface area contributed by atoms with Gasteiger partial charge in [0.25, 0.3) is 0 Å². The lowest BCUT2D eigenvalue weighted by molar-refractivity contribution is -0.143. The average Bonchev–Trinajstić information content (AvgIpc) is 3.10. The maximum absolute atomic E-state index is 12.4. The molecule has 0 unspecified atom stereocenters. The fourth-order valence-electron chi connectivity index (χ4n) is 3.30. The third-order valence-electron chi connectivity index (χ3n) is 4.68. The number of carbonyl (C=O) groups excluding carboxylic acids is 2. The van der Waals surface area contributed by atoms with E-state index < -0.39 is 0 Å². The molecule has 4 heteroatoms. The minimum absolute atomic E-state index is 0.0897. The molecule has 2 aromatic rings. The molecule has 3 rings (SSSR count).